The Bertz CT molecular complexity index is 1110. The zero-order valence-electron chi connectivity index (χ0n) is 21.0. The minimum Gasteiger partial charge on any atom is -0.497 e. The van der Waals surface area contributed by atoms with Gasteiger partial charge >= 0.3 is 0 Å². The summed E-state index contributed by atoms with van der Waals surface area (Å²) < 4.78 is 22.9. The molecule has 1 aromatic heterocycles. The summed E-state index contributed by atoms with van der Waals surface area (Å²) in [6.45, 7) is 4.21. The maximum absolute atomic E-state index is 6.20. The Morgan fingerprint density at radius 1 is 0.917 bits per heavy atom. The predicted molar refractivity (Wildman–Crippen MR) is 139 cm³/mol. The fourth-order valence-corrected chi connectivity index (χ4v) is 4.88. The molecule has 36 heavy (non-hydrogen) atoms. The van der Waals surface area contributed by atoms with Crippen molar-refractivity contribution < 1.29 is 18.9 Å². The highest BCUT2D eigenvalue weighted by Gasteiger charge is 2.36. The zero-order chi connectivity index (χ0) is 24.7. The monoisotopic (exact) mass is 490 g/mol. The van der Waals surface area contributed by atoms with E-state index in [2.05, 4.69) is 34.1 Å². The molecule has 2 aliphatic rings. The lowest BCUT2D eigenvalue weighted by molar-refractivity contribution is 0.0952. The highest BCUT2D eigenvalue weighted by molar-refractivity contribution is 5.50. The molecular weight excluding hydrogens is 456 g/mol. The molecule has 0 unspecified atom stereocenters. The van der Waals surface area contributed by atoms with Gasteiger partial charge in [-0.3, -0.25) is 0 Å². The third-order valence-electron chi connectivity index (χ3n) is 6.89. The van der Waals surface area contributed by atoms with Crippen LogP contribution in [0.15, 0.2) is 60.7 Å². The Hall–Kier alpha value is -3.36. The second-order valence-corrected chi connectivity index (χ2v) is 9.11. The van der Waals surface area contributed by atoms with Crippen LogP contribution in [0.1, 0.15) is 17.5 Å². The molecule has 3 aromatic rings. The number of nitrogens with zero attached hydrogens (tertiary/aromatic N) is 4. The van der Waals surface area contributed by atoms with Gasteiger partial charge in [0.15, 0.2) is 0 Å². The molecule has 0 aliphatic carbocycles. The van der Waals surface area contributed by atoms with Crippen molar-refractivity contribution in [2.24, 2.45) is 0 Å². The molecule has 8 nitrogen and oxygen atoms in total. The van der Waals surface area contributed by atoms with E-state index in [-0.39, 0.29) is 12.1 Å². The fourth-order valence-electron chi connectivity index (χ4n) is 4.88. The highest BCUT2D eigenvalue weighted by Crippen LogP contribution is 2.31. The van der Waals surface area contributed by atoms with E-state index in [9.17, 15) is 0 Å². The van der Waals surface area contributed by atoms with E-state index in [1.54, 1.807) is 14.2 Å². The van der Waals surface area contributed by atoms with Gasteiger partial charge in [0.25, 0.3) is 0 Å². The Balaban J connectivity index is 1.42. The topological polar surface area (TPSA) is 69.2 Å². The number of anilines is 2. The first-order valence-electron chi connectivity index (χ1n) is 12.5. The molecule has 0 spiro atoms. The molecule has 2 saturated heterocycles. The van der Waals surface area contributed by atoms with Crippen LogP contribution in [0, 0.1) is 0 Å². The van der Waals surface area contributed by atoms with Gasteiger partial charge in [0, 0.05) is 32.8 Å². The van der Waals surface area contributed by atoms with E-state index in [4.69, 9.17) is 28.9 Å². The molecule has 2 aliphatic heterocycles. The molecule has 0 N–H and O–H groups in total. The van der Waals surface area contributed by atoms with Crippen molar-refractivity contribution in [1.29, 1.82) is 0 Å². The molecule has 2 atom stereocenters. The van der Waals surface area contributed by atoms with Gasteiger partial charge in [0.2, 0.25) is 11.8 Å². The van der Waals surface area contributed by atoms with Crippen LogP contribution >= 0.6 is 0 Å². The highest BCUT2D eigenvalue weighted by atomic mass is 16.5. The van der Waals surface area contributed by atoms with Crippen molar-refractivity contribution in [3.63, 3.8) is 0 Å². The SMILES string of the molecule is COc1ccc(COc2cc(N3CCOCC3)nc(N3CC[C@@H](OC)[C@@H]3Cc3ccccc3)n2)cc1. The van der Waals surface area contributed by atoms with E-state index in [0.717, 1.165) is 49.6 Å². The molecule has 8 heteroatoms. The van der Waals surface area contributed by atoms with Crippen LogP contribution in [0.5, 0.6) is 11.6 Å². The van der Waals surface area contributed by atoms with Gasteiger partial charge < -0.3 is 28.7 Å². The first-order valence-corrected chi connectivity index (χ1v) is 12.5. The van der Waals surface area contributed by atoms with E-state index in [1.807, 2.05) is 36.4 Å². The van der Waals surface area contributed by atoms with Crippen molar-refractivity contribution in [2.45, 2.75) is 31.6 Å². The molecule has 5 rings (SSSR count). The Kier molecular flexibility index (Phi) is 7.83. The summed E-state index contributed by atoms with van der Waals surface area (Å²) >= 11 is 0. The molecule has 2 aromatic carbocycles. The zero-order valence-corrected chi connectivity index (χ0v) is 21.0. The van der Waals surface area contributed by atoms with Crippen molar-refractivity contribution in [3.05, 3.63) is 71.8 Å². The van der Waals surface area contributed by atoms with Gasteiger partial charge in [-0.25, -0.2) is 0 Å². The number of morpholine rings is 1. The Morgan fingerprint density at radius 3 is 2.42 bits per heavy atom. The van der Waals surface area contributed by atoms with Gasteiger partial charge in [-0.15, -0.1) is 0 Å². The molecule has 0 radical (unpaired) electrons. The minimum atomic E-state index is 0.115. The van der Waals surface area contributed by atoms with Gasteiger partial charge in [-0.1, -0.05) is 42.5 Å². The summed E-state index contributed by atoms with van der Waals surface area (Å²) in [6, 6.07) is 20.5. The molecule has 0 amide bonds. The fraction of sp³-hybridized carbons (Fsp3) is 0.429. The molecule has 3 heterocycles. The maximum atomic E-state index is 6.20. The Morgan fingerprint density at radius 2 is 1.69 bits per heavy atom. The minimum absolute atomic E-state index is 0.115. The van der Waals surface area contributed by atoms with E-state index >= 15 is 0 Å². The molecule has 190 valence electrons. The summed E-state index contributed by atoms with van der Waals surface area (Å²) in [5, 5.41) is 0. The summed E-state index contributed by atoms with van der Waals surface area (Å²) in [4.78, 5) is 14.4. The number of hydrogen-bond acceptors (Lipinski definition) is 8. The van der Waals surface area contributed by atoms with Crippen LogP contribution in [0.3, 0.4) is 0 Å². The van der Waals surface area contributed by atoms with Crippen molar-refractivity contribution in [3.8, 4) is 11.6 Å². The number of hydrogen-bond donors (Lipinski definition) is 0. The number of rotatable bonds is 9. The second kappa shape index (κ2) is 11.6. The number of ether oxygens (including phenoxy) is 4. The predicted octanol–water partition coefficient (Wildman–Crippen LogP) is 3.74. The third-order valence-corrected chi connectivity index (χ3v) is 6.89. The molecule has 2 fully saturated rings. The average molecular weight is 491 g/mol. The van der Waals surface area contributed by atoms with Gasteiger partial charge in [-0.2, -0.15) is 9.97 Å². The van der Waals surface area contributed by atoms with Crippen LogP contribution in [0.4, 0.5) is 11.8 Å². The molecule has 0 bridgehead atoms. The van der Waals surface area contributed by atoms with Gasteiger partial charge in [-0.05, 0) is 36.1 Å². The van der Waals surface area contributed by atoms with Crippen LogP contribution in [-0.4, -0.2) is 69.2 Å². The normalized spacial score (nSPS) is 19.9. The van der Waals surface area contributed by atoms with Crippen molar-refractivity contribution in [1.82, 2.24) is 9.97 Å². The van der Waals surface area contributed by atoms with Crippen molar-refractivity contribution in [2.75, 3.05) is 56.9 Å². The van der Waals surface area contributed by atoms with Crippen molar-refractivity contribution >= 4 is 11.8 Å². The largest absolute Gasteiger partial charge is 0.497 e. The van der Waals surface area contributed by atoms with E-state index in [0.29, 0.717) is 31.6 Å². The maximum Gasteiger partial charge on any atom is 0.230 e. The van der Waals surface area contributed by atoms with E-state index < -0.39 is 0 Å². The lowest BCUT2D eigenvalue weighted by atomic mass is 10.0. The summed E-state index contributed by atoms with van der Waals surface area (Å²) in [6.07, 6.45) is 1.91. The third kappa shape index (κ3) is 5.71. The first-order chi connectivity index (χ1) is 17.7. The summed E-state index contributed by atoms with van der Waals surface area (Å²) in [5.41, 5.74) is 2.32. The van der Waals surface area contributed by atoms with E-state index in [1.165, 1.54) is 5.56 Å². The Labute approximate surface area is 212 Å². The summed E-state index contributed by atoms with van der Waals surface area (Å²) in [7, 11) is 3.46. The van der Waals surface area contributed by atoms with Crippen LogP contribution in [0.2, 0.25) is 0 Å². The lowest BCUT2D eigenvalue weighted by Gasteiger charge is -2.31. The second-order valence-electron chi connectivity index (χ2n) is 9.11. The van der Waals surface area contributed by atoms with Crippen LogP contribution < -0.4 is 19.3 Å². The number of benzene rings is 2. The molecule has 0 saturated carbocycles. The quantitative estimate of drug-likeness (QED) is 0.449. The standard InChI is InChI=1S/C28H34N4O4/c1-33-23-10-8-22(9-11-23)20-36-27-19-26(31-14-16-35-17-15-31)29-28(30-27)32-13-12-25(34-2)24(32)18-21-6-4-3-5-7-21/h3-11,19,24-25H,12-18,20H2,1-2H3/t24-,25+/m0/s1. The summed E-state index contributed by atoms with van der Waals surface area (Å²) in [5.74, 6) is 2.94. The van der Waals surface area contributed by atoms with Crippen LogP contribution in [-0.2, 0) is 22.5 Å². The van der Waals surface area contributed by atoms with Gasteiger partial charge in [0.05, 0.1) is 32.5 Å². The lowest BCUT2D eigenvalue weighted by Crippen LogP contribution is -2.40. The molecular formula is C28H34N4O4. The number of methoxy groups -OCH3 is 2. The first kappa shape index (κ1) is 24.3. The van der Waals surface area contributed by atoms with Gasteiger partial charge in [0.1, 0.15) is 18.2 Å². The van der Waals surface area contributed by atoms with Crippen LogP contribution in [0.25, 0.3) is 0 Å². The number of aromatic nitrogens is 2. The average Bonchev–Trinajstić information content (AvgIpc) is 3.35. The smallest absolute Gasteiger partial charge is 0.230 e.